The maximum atomic E-state index is 14.5. The summed E-state index contributed by atoms with van der Waals surface area (Å²) in [6.07, 6.45) is 7.93. The van der Waals surface area contributed by atoms with Crippen LogP contribution in [-0.2, 0) is 13.0 Å². The van der Waals surface area contributed by atoms with Gasteiger partial charge in [0.25, 0.3) is 0 Å². The molecule has 0 spiro atoms. The summed E-state index contributed by atoms with van der Waals surface area (Å²) in [5.74, 6) is 1.16. The first-order valence-electron chi connectivity index (χ1n) is 7.44. The third-order valence-electron chi connectivity index (χ3n) is 4.16. The predicted molar refractivity (Wildman–Crippen MR) is 78.7 cm³/mol. The first kappa shape index (κ1) is 14.0. The minimum Gasteiger partial charge on any atom is -0.349 e. The number of hydrogen-bond acceptors (Lipinski definition) is 4. The van der Waals surface area contributed by atoms with Gasteiger partial charge in [0.2, 0.25) is 0 Å². The lowest BCUT2D eigenvalue weighted by molar-refractivity contribution is 0.522. The van der Waals surface area contributed by atoms with Crippen LogP contribution in [0.25, 0.3) is 0 Å². The molecule has 0 amide bonds. The van der Waals surface area contributed by atoms with Gasteiger partial charge in [0.05, 0.1) is 5.69 Å². The number of rotatable bonds is 4. The third kappa shape index (κ3) is 2.62. The number of halogens is 1. The molecule has 1 fully saturated rings. The molecule has 5 nitrogen and oxygen atoms in total. The van der Waals surface area contributed by atoms with Gasteiger partial charge in [-0.1, -0.05) is 6.92 Å². The number of hydrogen-bond donors (Lipinski definition) is 0. The Kier molecular flexibility index (Phi) is 3.86. The number of imidazole rings is 1. The Morgan fingerprint density at radius 2 is 2.19 bits per heavy atom. The topological polar surface area (TPSA) is 46.8 Å². The van der Waals surface area contributed by atoms with E-state index in [2.05, 4.69) is 24.4 Å². The highest BCUT2D eigenvalue weighted by Crippen LogP contribution is 2.28. The molecule has 0 saturated carbocycles. The van der Waals surface area contributed by atoms with Crippen LogP contribution in [0.1, 0.15) is 31.3 Å². The monoisotopic (exact) mass is 289 g/mol. The summed E-state index contributed by atoms with van der Waals surface area (Å²) < 4.78 is 16.6. The highest BCUT2D eigenvalue weighted by molar-refractivity contribution is 5.43. The first-order chi connectivity index (χ1) is 10.2. The van der Waals surface area contributed by atoms with E-state index < -0.39 is 0 Å². The van der Waals surface area contributed by atoms with Crippen LogP contribution in [0.2, 0.25) is 0 Å². The quantitative estimate of drug-likeness (QED) is 0.867. The van der Waals surface area contributed by atoms with Gasteiger partial charge >= 0.3 is 0 Å². The molecule has 1 atom stereocenters. The van der Waals surface area contributed by atoms with Crippen LogP contribution in [0.5, 0.6) is 0 Å². The average Bonchev–Trinajstić information content (AvgIpc) is 3.10. The van der Waals surface area contributed by atoms with Gasteiger partial charge in [-0.25, -0.2) is 19.3 Å². The van der Waals surface area contributed by atoms with E-state index in [0.717, 1.165) is 31.8 Å². The van der Waals surface area contributed by atoms with E-state index in [0.29, 0.717) is 17.9 Å². The van der Waals surface area contributed by atoms with E-state index in [-0.39, 0.29) is 11.9 Å². The molecular formula is C15H20FN5. The van der Waals surface area contributed by atoms with Gasteiger partial charge in [0.1, 0.15) is 12.2 Å². The molecule has 1 aliphatic rings. The van der Waals surface area contributed by atoms with E-state index >= 15 is 0 Å². The molecule has 0 N–H and O–H groups in total. The number of aryl methyl sites for hydroxylation is 2. The summed E-state index contributed by atoms with van der Waals surface area (Å²) in [7, 11) is 0. The van der Waals surface area contributed by atoms with Crippen molar-refractivity contribution in [2.24, 2.45) is 0 Å². The van der Waals surface area contributed by atoms with Gasteiger partial charge in [-0.3, -0.25) is 0 Å². The zero-order valence-electron chi connectivity index (χ0n) is 12.5. The van der Waals surface area contributed by atoms with Crippen molar-refractivity contribution in [1.29, 1.82) is 0 Å². The fourth-order valence-corrected chi connectivity index (χ4v) is 2.97. The summed E-state index contributed by atoms with van der Waals surface area (Å²) in [5, 5.41) is 0. The third-order valence-corrected chi connectivity index (χ3v) is 4.16. The lowest BCUT2D eigenvalue weighted by Crippen LogP contribution is -2.34. The SMILES string of the molecule is CCc1ncnc(N2CCC[C@@H]2Cn2ccnc2C)c1F. The number of aromatic nitrogens is 4. The molecule has 0 radical (unpaired) electrons. The van der Waals surface area contributed by atoms with E-state index in [1.807, 2.05) is 20.0 Å². The fourth-order valence-electron chi connectivity index (χ4n) is 2.97. The van der Waals surface area contributed by atoms with Crippen LogP contribution >= 0.6 is 0 Å². The molecule has 0 aliphatic carbocycles. The van der Waals surface area contributed by atoms with Crippen LogP contribution in [0, 0.1) is 12.7 Å². The molecule has 0 unspecified atom stereocenters. The fraction of sp³-hybridized carbons (Fsp3) is 0.533. The van der Waals surface area contributed by atoms with Crippen molar-refractivity contribution < 1.29 is 4.39 Å². The minimum atomic E-state index is -0.269. The summed E-state index contributed by atoms with van der Waals surface area (Å²) in [6.45, 7) is 5.55. The lowest BCUT2D eigenvalue weighted by atomic mass is 10.2. The van der Waals surface area contributed by atoms with Crippen LogP contribution < -0.4 is 4.90 Å². The van der Waals surface area contributed by atoms with Crippen LogP contribution in [0.15, 0.2) is 18.7 Å². The van der Waals surface area contributed by atoms with Crippen molar-refractivity contribution in [3.63, 3.8) is 0 Å². The Labute approximate surface area is 123 Å². The highest BCUT2D eigenvalue weighted by Gasteiger charge is 2.29. The van der Waals surface area contributed by atoms with Crippen molar-refractivity contribution in [1.82, 2.24) is 19.5 Å². The van der Waals surface area contributed by atoms with Gasteiger partial charge < -0.3 is 9.47 Å². The van der Waals surface area contributed by atoms with Crippen LogP contribution in [0.3, 0.4) is 0 Å². The number of nitrogens with zero attached hydrogens (tertiary/aromatic N) is 5. The van der Waals surface area contributed by atoms with Gasteiger partial charge in [-0.05, 0) is 26.2 Å². The molecule has 112 valence electrons. The molecule has 2 aromatic rings. The average molecular weight is 289 g/mol. The summed E-state index contributed by atoms with van der Waals surface area (Å²) in [4.78, 5) is 14.5. The highest BCUT2D eigenvalue weighted by atomic mass is 19.1. The Bertz CT molecular complexity index is 624. The minimum absolute atomic E-state index is 0.256. The first-order valence-corrected chi connectivity index (χ1v) is 7.44. The van der Waals surface area contributed by atoms with Crippen LogP contribution in [-0.4, -0.2) is 32.1 Å². The second-order valence-corrected chi connectivity index (χ2v) is 5.43. The Morgan fingerprint density at radius 1 is 1.33 bits per heavy atom. The van der Waals surface area contributed by atoms with E-state index in [1.54, 1.807) is 6.20 Å². The van der Waals surface area contributed by atoms with Crippen molar-refractivity contribution in [2.75, 3.05) is 11.4 Å². The van der Waals surface area contributed by atoms with E-state index in [4.69, 9.17) is 0 Å². The smallest absolute Gasteiger partial charge is 0.187 e. The molecule has 1 saturated heterocycles. The Morgan fingerprint density at radius 3 is 2.90 bits per heavy atom. The predicted octanol–water partition coefficient (Wildman–Crippen LogP) is 2.35. The second kappa shape index (κ2) is 5.79. The molecule has 3 heterocycles. The Hall–Kier alpha value is -1.98. The summed E-state index contributed by atoms with van der Waals surface area (Å²) >= 11 is 0. The maximum Gasteiger partial charge on any atom is 0.187 e. The maximum absolute atomic E-state index is 14.5. The largest absolute Gasteiger partial charge is 0.349 e. The summed E-state index contributed by atoms with van der Waals surface area (Å²) in [6, 6.07) is 0.256. The van der Waals surface area contributed by atoms with E-state index in [9.17, 15) is 4.39 Å². The molecule has 1 aliphatic heterocycles. The van der Waals surface area contributed by atoms with Crippen molar-refractivity contribution in [3.8, 4) is 0 Å². The number of anilines is 1. The molecule has 3 rings (SSSR count). The molecule has 0 aromatic carbocycles. The van der Waals surface area contributed by atoms with Gasteiger partial charge in [-0.15, -0.1) is 0 Å². The van der Waals surface area contributed by atoms with Crippen LogP contribution in [0.4, 0.5) is 10.2 Å². The molecule has 6 heteroatoms. The Balaban J connectivity index is 1.86. The standard InChI is InChI=1S/C15H20FN5/c1-3-13-14(16)15(19-10-18-13)21-7-4-5-12(21)9-20-8-6-17-11(20)2/h6,8,10,12H,3-5,7,9H2,1-2H3/t12-/m1/s1. The molecular weight excluding hydrogens is 269 g/mol. The second-order valence-electron chi connectivity index (χ2n) is 5.43. The zero-order valence-corrected chi connectivity index (χ0v) is 12.5. The molecule has 2 aromatic heterocycles. The molecule has 0 bridgehead atoms. The zero-order chi connectivity index (χ0) is 14.8. The normalized spacial score (nSPS) is 18.4. The van der Waals surface area contributed by atoms with E-state index in [1.165, 1.54) is 6.33 Å². The van der Waals surface area contributed by atoms with Crippen molar-refractivity contribution in [3.05, 3.63) is 36.1 Å². The van der Waals surface area contributed by atoms with Gasteiger partial charge in [-0.2, -0.15) is 0 Å². The van der Waals surface area contributed by atoms with Crippen molar-refractivity contribution in [2.45, 2.75) is 45.7 Å². The van der Waals surface area contributed by atoms with Gasteiger partial charge in [0.15, 0.2) is 11.6 Å². The van der Waals surface area contributed by atoms with Crippen molar-refractivity contribution >= 4 is 5.82 Å². The van der Waals surface area contributed by atoms with Gasteiger partial charge in [0, 0.05) is 31.5 Å². The lowest BCUT2D eigenvalue weighted by Gasteiger charge is -2.27. The summed E-state index contributed by atoms with van der Waals surface area (Å²) in [5.41, 5.74) is 0.490. The molecule has 21 heavy (non-hydrogen) atoms.